The van der Waals surface area contributed by atoms with Crippen LogP contribution in [0.1, 0.15) is 92.9 Å². The van der Waals surface area contributed by atoms with Crippen LogP contribution in [0, 0.1) is 26.2 Å². The molecule has 0 atom stereocenters. The van der Waals surface area contributed by atoms with E-state index in [4.69, 9.17) is 0 Å². The Morgan fingerprint density at radius 2 is 1.00 bits per heavy atom. The second-order valence-electron chi connectivity index (χ2n) is 10.3. The van der Waals surface area contributed by atoms with Gasteiger partial charge in [-0.1, -0.05) is 93.2 Å². The summed E-state index contributed by atoms with van der Waals surface area (Å²) in [6, 6.07) is 0. The van der Waals surface area contributed by atoms with E-state index in [1.807, 2.05) is 0 Å². The summed E-state index contributed by atoms with van der Waals surface area (Å²) in [4.78, 5) is 0. The van der Waals surface area contributed by atoms with Crippen molar-refractivity contribution in [1.29, 1.82) is 0 Å². The molecule has 2 aliphatic carbocycles. The first-order chi connectivity index (χ1) is 9.46. The molecule has 0 aromatic rings. The first kappa shape index (κ1) is 29.5. The van der Waals surface area contributed by atoms with E-state index in [2.05, 4.69) is 54.6 Å². The molecule has 0 radical (unpaired) electrons. The zero-order valence-corrected chi connectivity index (χ0v) is 20.8. The average molecular weight is 397 g/mol. The van der Waals surface area contributed by atoms with Gasteiger partial charge in [-0.25, -0.2) is 0 Å². The van der Waals surface area contributed by atoms with E-state index in [0.29, 0.717) is 10.5 Å². The third kappa shape index (κ3) is 8.41. The van der Waals surface area contributed by atoms with Crippen molar-refractivity contribution in [3.05, 3.63) is 14.9 Å². The Kier molecular flexibility index (Phi) is 14.1. The van der Waals surface area contributed by atoms with Gasteiger partial charge in [0.1, 0.15) is 0 Å². The summed E-state index contributed by atoms with van der Waals surface area (Å²) in [6.45, 7) is 19.6. The zero-order chi connectivity index (χ0) is 16.3. The summed E-state index contributed by atoms with van der Waals surface area (Å²) in [5.41, 5.74) is 1.69. The van der Waals surface area contributed by atoms with Crippen molar-refractivity contribution in [1.82, 2.24) is 0 Å². The second-order valence-corrected chi connectivity index (χ2v) is 16.1. The molecule has 24 heavy (non-hydrogen) atoms. The van der Waals surface area contributed by atoms with Gasteiger partial charge in [0.25, 0.3) is 0 Å². The molecule has 0 bridgehead atoms. The van der Waals surface area contributed by atoms with Crippen LogP contribution in [-0.2, 0) is 17.1 Å². The molecular formula is C22H48FeSi. The summed E-state index contributed by atoms with van der Waals surface area (Å²) in [5, 5.41) is 0.599. The van der Waals surface area contributed by atoms with E-state index in [-0.39, 0.29) is 31.9 Å². The topological polar surface area (TPSA) is 0 Å². The fraction of sp³-hybridized carbons (Fsp3) is 0.909. The Balaban J connectivity index is -0.000000336. The molecule has 2 fully saturated rings. The van der Waals surface area contributed by atoms with Gasteiger partial charge in [0.2, 0.25) is 0 Å². The van der Waals surface area contributed by atoms with Crippen molar-refractivity contribution in [2.24, 2.45) is 11.3 Å². The Labute approximate surface area is 167 Å². The normalized spacial score (nSPS) is 19.5. The number of hydrogen-bond acceptors (Lipinski definition) is 0. The van der Waals surface area contributed by atoms with E-state index in [1.54, 1.807) is 0 Å². The van der Waals surface area contributed by atoms with Crippen molar-refractivity contribution in [3.63, 3.8) is 0 Å². The van der Waals surface area contributed by atoms with E-state index in [0.717, 1.165) is 11.5 Å². The largest absolute Gasteiger partial charge is 2.00 e. The maximum absolute atomic E-state index is 2.59. The fourth-order valence-corrected chi connectivity index (χ4v) is 7.13. The molecule has 0 N–H and O–H groups in total. The first-order valence-corrected chi connectivity index (χ1v) is 12.5. The van der Waals surface area contributed by atoms with Crippen LogP contribution in [0.5, 0.6) is 0 Å². The summed E-state index contributed by atoms with van der Waals surface area (Å²) in [7, 11) is -0.972. The molecule has 0 spiro atoms. The minimum atomic E-state index is -0.972. The summed E-state index contributed by atoms with van der Waals surface area (Å²) < 4.78 is 0. The molecular weight excluding hydrogens is 348 g/mol. The van der Waals surface area contributed by atoms with Crippen LogP contribution < -0.4 is 0 Å². The standard InChI is InChI=1S/C11H24Si.C9H18.2CH3.Fe/c1-11(2,3)12(4,5)10-8-6-7-9-10;1-9(2,3)8-6-4-5-7-8;;;/h10H,6-9H2,1-5H3;8H,4-7H2,1-3H3;2*1H3;/q;;2*-1;+2. The van der Waals surface area contributed by atoms with Crippen molar-refractivity contribution >= 4 is 8.07 Å². The van der Waals surface area contributed by atoms with Gasteiger partial charge in [0.15, 0.2) is 0 Å². The number of rotatable bonds is 1. The molecule has 0 heterocycles. The van der Waals surface area contributed by atoms with E-state index in [1.165, 1.54) is 51.4 Å². The second kappa shape index (κ2) is 11.4. The molecule has 0 aromatic heterocycles. The van der Waals surface area contributed by atoms with Crippen molar-refractivity contribution in [2.75, 3.05) is 0 Å². The van der Waals surface area contributed by atoms with E-state index < -0.39 is 8.07 Å². The van der Waals surface area contributed by atoms with Crippen LogP contribution in [0.4, 0.5) is 0 Å². The first-order valence-electron chi connectivity index (χ1n) is 9.46. The van der Waals surface area contributed by atoms with Crippen LogP contribution in [0.15, 0.2) is 0 Å². The van der Waals surface area contributed by atoms with Gasteiger partial charge in [0.05, 0.1) is 8.07 Å². The molecule has 0 amide bonds. The third-order valence-corrected chi connectivity index (χ3v) is 13.4. The van der Waals surface area contributed by atoms with Crippen LogP contribution in [-0.4, -0.2) is 8.07 Å². The van der Waals surface area contributed by atoms with Crippen LogP contribution in [0.3, 0.4) is 0 Å². The molecule has 0 aromatic carbocycles. The number of hydrogen-bond donors (Lipinski definition) is 0. The summed E-state index contributed by atoms with van der Waals surface area (Å²) in [5.74, 6) is 1.01. The minimum absolute atomic E-state index is 0. The average Bonchev–Trinajstić information content (AvgIpc) is 3.02. The Morgan fingerprint density at radius 3 is 1.25 bits per heavy atom. The summed E-state index contributed by atoms with van der Waals surface area (Å²) >= 11 is 0. The van der Waals surface area contributed by atoms with Gasteiger partial charge in [-0.15, -0.1) is 0 Å². The van der Waals surface area contributed by atoms with Crippen molar-refractivity contribution in [3.8, 4) is 0 Å². The molecule has 0 aliphatic heterocycles. The van der Waals surface area contributed by atoms with Gasteiger partial charge in [-0.2, -0.15) is 0 Å². The molecule has 0 saturated heterocycles. The third-order valence-electron chi connectivity index (χ3n) is 6.89. The van der Waals surface area contributed by atoms with Gasteiger partial charge in [0, 0.05) is 0 Å². The SMILES string of the molecule is CC(C)(C)C1CCCC1.CC(C)(C)[Si](C)(C)C1CCCC1.[CH3-].[CH3-].[Fe+2]. The monoisotopic (exact) mass is 396 g/mol. The Hall–Kier alpha value is 0.736. The van der Waals surface area contributed by atoms with Crippen LogP contribution in [0.25, 0.3) is 0 Å². The Bertz CT molecular complexity index is 297. The predicted octanol–water partition coefficient (Wildman–Crippen LogP) is 8.56. The fourth-order valence-electron chi connectivity index (χ4n) is 4.05. The van der Waals surface area contributed by atoms with Gasteiger partial charge < -0.3 is 14.9 Å². The zero-order valence-electron chi connectivity index (χ0n) is 18.7. The quantitative estimate of drug-likeness (QED) is 0.307. The summed E-state index contributed by atoms with van der Waals surface area (Å²) in [6.07, 6.45) is 11.9. The maximum atomic E-state index is 2.59. The van der Waals surface area contributed by atoms with Crippen molar-refractivity contribution in [2.45, 2.75) is 117 Å². The Morgan fingerprint density at radius 1 is 0.667 bits per heavy atom. The van der Waals surface area contributed by atoms with E-state index >= 15 is 0 Å². The molecule has 2 saturated carbocycles. The molecule has 2 aliphatic rings. The molecule has 148 valence electrons. The molecule has 2 heteroatoms. The molecule has 0 nitrogen and oxygen atoms in total. The van der Waals surface area contributed by atoms with E-state index in [9.17, 15) is 0 Å². The van der Waals surface area contributed by atoms with Crippen LogP contribution in [0.2, 0.25) is 23.7 Å². The van der Waals surface area contributed by atoms with Crippen molar-refractivity contribution < 1.29 is 17.1 Å². The predicted molar refractivity (Wildman–Crippen MR) is 114 cm³/mol. The van der Waals surface area contributed by atoms with Gasteiger partial charge in [-0.05, 0) is 34.8 Å². The van der Waals surface area contributed by atoms with Gasteiger partial charge >= 0.3 is 17.1 Å². The van der Waals surface area contributed by atoms with Gasteiger partial charge in [-0.3, -0.25) is 0 Å². The molecule has 0 unspecified atom stereocenters. The smallest absolute Gasteiger partial charge is 0.358 e. The minimum Gasteiger partial charge on any atom is -0.358 e. The maximum Gasteiger partial charge on any atom is 2.00 e. The van der Waals surface area contributed by atoms with Crippen LogP contribution >= 0.6 is 0 Å². The molecule has 2 rings (SSSR count).